The first kappa shape index (κ1) is 25.3. The van der Waals surface area contributed by atoms with Crippen molar-refractivity contribution in [2.45, 2.75) is 19.5 Å². The van der Waals surface area contributed by atoms with Gasteiger partial charge in [0, 0.05) is 13.6 Å². The maximum Gasteiger partial charge on any atom is 0.244 e. The van der Waals surface area contributed by atoms with E-state index in [1.165, 1.54) is 24.1 Å². The molecule has 1 atom stereocenters. The Bertz CT molecular complexity index is 1080. The Balaban J connectivity index is 2.41. The highest BCUT2D eigenvalue weighted by Gasteiger charge is 2.30. The van der Waals surface area contributed by atoms with Crippen molar-refractivity contribution in [2.75, 3.05) is 24.2 Å². The van der Waals surface area contributed by atoms with E-state index in [9.17, 15) is 18.0 Å². The van der Waals surface area contributed by atoms with Gasteiger partial charge < -0.3 is 10.2 Å². The SMILES string of the molecule is CNC(=O)[C@H](C)N(Cc1ccc(Cl)c(Cl)c1)C(=O)CN(c1ccccc1Cl)S(C)(=O)=O. The van der Waals surface area contributed by atoms with Gasteiger partial charge >= 0.3 is 0 Å². The van der Waals surface area contributed by atoms with Crippen LogP contribution in [-0.4, -0.2) is 51.0 Å². The number of sulfonamides is 1. The minimum absolute atomic E-state index is 0.0183. The lowest BCUT2D eigenvalue weighted by Gasteiger charge is -2.31. The van der Waals surface area contributed by atoms with Crippen molar-refractivity contribution in [3.8, 4) is 0 Å². The molecule has 1 N–H and O–H groups in total. The Morgan fingerprint density at radius 2 is 1.68 bits per heavy atom. The Kier molecular flexibility index (Phi) is 8.59. The maximum absolute atomic E-state index is 13.2. The van der Waals surface area contributed by atoms with E-state index in [0.717, 1.165) is 10.6 Å². The van der Waals surface area contributed by atoms with Crippen molar-refractivity contribution in [1.82, 2.24) is 10.2 Å². The number of carbonyl (C=O) groups is 2. The minimum Gasteiger partial charge on any atom is -0.357 e. The summed E-state index contributed by atoms with van der Waals surface area (Å²) in [6, 6.07) is 10.3. The van der Waals surface area contributed by atoms with E-state index in [0.29, 0.717) is 15.6 Å². The van der Waals surface area contributed by atoms with Crippen LogP contribution in [0.5, 0.6) is 0 Å². The van der Waals surface area contributed by atoms with Crippen molar-refractivity contribution in [1.29, 1.82) is 0 Å². The molecule has 11 heteroatoms. The molecule has 0 aromatic heterocycles. The third kappa shape index (κ3) is 6.49. The summed E-state index contributed by atoms with van der Waals surface area (Å²) < 4.78 is 25.8. The molecule has 0 radical (unpaired) electrons. The highest BCUT2D eigenvalue weighted by molar-refractivity contribution is 7.92. The number of para-hydroxylation sites is 1. The molecule has 0 aliphatic heterocycles. The Hall–Kier alpha value is -2.00. The van der Waals surface area contributed by atoms with Crippen LogP contribution in [0.1, 0.15) is 12.5 Å². The van der Waals surface area contributed by atoms with Crippen molar-refractivity contribution in [3.05, 3.63) is 63.1 Å². The molecule has 7 nitrogen and oxygen atoms in total. The van der Waals surface area contributed by atoms with Crippen LogP contribution in [0.25, 0.3) is 0 Å². The molecule has 0 saturated heterocycles. The summed E-state index contributed by atoms with van der Waals surface area (Å²) in [4.78, 5) is 26.8. The van der Waals surface area contributed by atoms with Crippen molar-refractivity contribution < 1.29 is 18.0 Å². The number of benzene rings is 2. The molecule has 0 spiro atoms. The zero-order valence-electron chi connectivity index (χ0n) is 17.1. The molecule has 0 saturated carbocycles. The summed E-state index contributed by atoms with van der Waals surface area (Å²) in [5.74, 6) is -0.996. The van der Waals surface area contributed by atoms with Crippen LogP contribution in [0.3, 0.4) is 0 Å². The number of amides is 2. The Morgan fingerprint density at radius 1 is 1.03 bits per heavy atom. The number of anilines is 1. The van der Waals surface area contributed by atoms with Gasteiger partial charge in [-0.2, -0.15) is 0 Å². The van der Waals surface area contributed by atoms with E-state index in [1.807, 2.05) is 0 Å². The number of rotatable bonds is 8. The summed E-state index contributed by atoms with van der Waals surface area (Å²) in [5, 5.41) is 3.33. The van der Waals surface area contributed by atoms with E-state index in [-0.39, 0.29) is 17.3 Å². The Morgan fingerprint density at radius 3 is 2.23 bits per heavy atom. The molecule has 0 heterocycles. The quantitative estimate of drug-likeness (QED) is 0.593. The first-order valence-electron chi connectivity index (χ1n) is 9.13. The highest BCUT2D eigenvalue weighted by Crippen LogP contribution is 2.28. The second-order valence-electron chi connectivity index (χ2n) is 6.78. The van der Waals surface area contributed by atoms with Crippen molar-refractivity contribution in [2.24, 2.45) is 0 Å². The normalized spacial score (nSPS) is 12.2. The predicted molar refractivity (Wildman–Crippen MR) is 124 cm³/mol. The molecule has 0 fully saturated rings. The van der Waals surface area contributed by atoms with Gasteiger partial charge in [0.15, 0.2) is 0 Å². The lowest BCUT2D eigenvalue weighted by atomic mass is 10.1. The van der Waals surface area contributed by atoms with Crippen LogP contribution in [0, 0.1) is 0 Å². The van der Waals surface area contributed by atoms with Crippen LogP contribution in [0.2, 0.25) is 15.1 Å². The molecular formula is C20H22Cl3N3O4S. The summed E-state index contributed by atoms with van der Waals surface area (Å²) in [5.41, 5.74) is 0.796. The number of halogens is 3. The second kappa shape index (κ2) is 10.5. The van der Waals surface area contributed by atoms with Gasteiger partial charge in [0.25, 0.3) is 0 Å². The van der Waals surface area contributed by atoms with Gasteiger partial charge in [0.1, 0.15) is 12.6 Å². The number of hydrogen-bond donors (Lipinski definition) is 1. The summed E-state index contributed by atoms with van der Waals surface area (Å²) in [7, 11) is -2.39. The van der Waals surface area contributed by atoms with Crippen molar-refractivity contribution in [3.63, 3.8) is 0 Å². The average molecular weight is 507 g/mol. The average Bonchev–Trinajstić information content (AvgIpc) is 2.71. The summed E-state index contributed by atoms with van der Waals surface area (Å²) >= 11 is 18.2. The van der Waals surface area contributed by atoms with Gasteiger partial charge in [0.2, 0.25) is 21.8 Å². The molecule has 168 valence electrons. The van der Waals surface area contributed by atoms with E-state index in [4.69, 9.17) is 34.8 Å². The van der Waals surface area contributed by atoms with E-state index in [1.54, 1.807) is 37.3 Å². The third-order valence-corrected chi connectivity index (χ3v) is 6.74. The summed E-state index contributed by atoms with van der Waals surface area (Å²) in [6.45, 7) is 1.03. The van der Waals surface area contributed by atoms with Gasteiger partial charge in [0.05, 0.1) is 27.0 Å². The lowest BCUT2D eigenvalue weighted by molar-refractivity contribution is -0.139. The molecule has 31 heavy (non-hydrogen) atoms. The topological polar surface area (TPSA) is 86.8 Å². The van der Waals surface area contributed by atoms with Crippen LogP contribution in [0.15, 0.2) is 42.5 Å². The fraction of sp³-hybridized carbons (Fsp3) is 0.300. The second-order valence-corrected chi connectivity index (χ2v) is 9.91. The first-order chi connectivity index (χ1) is 14.5. The van der Waals surface area contributed by atoms with Crippen LogP contribution < -0.4 is 9.62 Å². The van der Waals surface area contributed by atoms with E-state index >= 15 is 0 Å². The number of carbonyl (C=O) groups excluding carboxylic acids is 2. The number of nitrogens with one attached hydrogen (secondary N) is 1. The molecule has 2 amide bonds. The lowest BCUT2D eigenvalue weighted by Crippen LogP contribution is -2.50. The molecule has 0 aliphatic carbocycles. The highest BCUT2D eigenvalue weighted by atomic mass is 35.5. The van der Waals surface area contributed by atoms with E-state index in [2.05, 4.69) is 5.32 Å². The molecular weight excluding hydrogens is 485 g/mol. The smallest absolute Gasteiger partial charge is 0.244 e. The standard InChI is InChI=1S/C20H22Cl3N3O4S/c1-13(20(28)24-2)25(11-14-8-9-15(21)17(23)10-14)19(27)12-26(31(3,29)30)18-7-5-4-6-16(18)22/h4-10,13H,11-12H2,1-3H3,(H,24,28)/t13-/m0/s1. The summed E-state index contributed by atoms with van der Waals surface area (Å²) in [6.07, 6.45) is 0.981. The first-order valence-corrected chi connectivity index (χ1v) is 12.1. The van der Waals surface area contributed by atoms with Crippen molar-refractivity contribution >= 4 is 62.3 Å². The van der Waals surface area contributed by atoms with Gasteiger partial charge in [-0.05, 0) is 36.8 Å². The van der Waals surface area contributed by atoms with Gasteiger partial charge in [-0.15, -0.1) is 0 Å². The molecule has 0 unspecified atom stereocenters. The zero-order valence-corrected chi connectivity index (χ0v) is 20.2. The monoisotopic (exact) mass is 505 g/mol. The van der Waals surface area contributed by atoms with Crippen LogP contribution in [-0.2, 0) is 26.2 Å². The van der Waals surface area contributed by atoms with Crippen LogP contribution in [0.4, 0.5) is 5.69 Å². The molecule has 0 bridgehead atoms. The maximum atomic E-state index is 13.2. The fourth-order valence-electron chi connectivity index (χ4n) is 2.87. The zero-order chi connectivity index (χ0) is 23.3. The van der Waals surface area contributed by atoms with Gasteiger partial charge in [-0.25, -0.2) is 8.42 Å². The van der Waals surface area contributed by atoms with Gasteiger partial charge in [-0.1, -0.05) is 53.0 Å². The predicted octanol–water partition coefficient (Wildman–Crippen LogP) is 3.58. The minimum atomic E-state index is -3.84. The van der Waals surface area contributed by atoms with Crippen LogP contribution >= 0.6 is 34.8 Å². The number of hydrogen-bond acceptors (Lipinski definition) is 4. The molecule has 0 aliphatic rings. The van der Waals surface area contributed by atoms with E-state index < -0.39 is 34.4 Å². The molecule has 2 aromatic carbocycles. The number of likely N-dealkylation sites (N-methyl/N-ethyl adjacent to an activating group) is 1. The molecule has 2 aromatic rings. The Labute approximate surface area is 196 Å². The number of nitrogens with zero attached hydrogens (tertiary/aromatic N) is 2. The third-order valence-electron chi connectivity index (χ3n) is 4.55. The largest absolute Gasteiger partial charge is 0.357 e. The van der Waals surface area contributed by atoms with Gasteiger partial charge in [-0.3, -0.25) is 13.9 Å². The molecule has 2 rings (SSSR count). The fourth-order valence-corrected chi connectivity index (χ4v) is 4.34.